The molecular weight excluding hydrogens is 194 g/mol. The smallest absolute Gasteiger partial charge is 0.00129 e. The predicted octanol–water partition coefficient (Wildman–Crippen LogP) is 3.47. The van der Waals surface area contributed by atoms with Crippen molar-refractivity contribution in [3.63, 3.8) is 0 Å². The summed E-state index contributed by atoms with van der Waals surface area (Å²) in [5.74, 6) is 0.785. The van der Waals surface area contributed by atoms with Crippen molar-refractivity contribution in [3.8, 4) is 0 Å². The molecule has 1 aromatic rings. The first kappa shape index (κ1) is 11.7. The zero-order valence-corrected chi connectivity index (χ0v) is 10.3. The molecule has 1 heteroatoms. The fraction of sp³-hybridized carbons (Fsp3) is 0.600. The SMILES string of the molecule is CCCCN1CCC(c2cc[c]cc2)CC1. The quantitative estimate of drug-likeness (QED) is 0.745. The van der Waals surface area contributed by atoms with Gasteiger partial charge in [0.25, 0.3) is 0 Å². The molecule has 1 aliphatic heterocycles. The van der Waals surface area contributed by atoms with Crippen molar-refractivity contribution in [1.29, 1.82) is 0 Å². The first-order valence-electron chi connectivity index (χ1n) is 6.58. The zero-order valence-electron chi connectivity index (χ0n) is 10.3. The lowest BCUT2D eigenvalue weighted by molar-refractivity contribution is 0.209. The van der Waals surface area contributed by atoms with Crippen molar-refractivity contribution in [3.05, 3.63) is 35.9 Å². The molecule has 16 heavy (non-hydrogen) atoms. The second kappa shape index (κ2) is 6.05. The van der Waals surface area contributed by atoms with Gasteiger partial charge in [-0.25, -0.2) is 0 Å². The highest BCUT2D eigenvalue weighted by atomic mass is 15.1. The van der Waals surface area contributed by atoms with Crippen LogP contribution in [0.4, 0.5) is 0 Å². The van der Waals surface area contributed by atoms with Crippen LogP contribution in [0.1, 0.15) is 44.1 Å². The van der Waals surface area contributed by atoms with E-state index in [-0.39, 0.29) is 0 Å². The average molecular weight is 216 g/mol. The molecule has 1 radical (unpaired) electrons. The van der Waals surface area contributed by atoms with Crippen molar-refractivity contribution in [2.24, 2.45) is 0 Å². The predicted molar refractivity (Wildman–Crippen MR) is 68.6 cm³/mol. The molecule has 0 bridgehead atoms. The fourth-order valence-corrected chi connectivity index (χ4v) is 2.54. The van der Waals surface area contributed by atoms with Gasteiger partial charge in [-0.3, -0.25) is 0 Å². The van der Waals surface area contributed by atoms with Crippen LogP contribution >= 0.6 is 0 Å². The number of piperidine rings is 1. The summed E-state index contributed by atoms with van der Waals surface area (Å²) in [6.45, 7) is 6.13. The number of unbranched alkanes of at least 4 members (excludes halogenated alkanes) is 1. The lowest BCUT2D eigenvalue weighted by atomic mass is 9.89. The topological polar surface area (TPSA) is 3.24 Å². The van der Waals surface area contributed by atoms with Gasteiger partial charge in [-0.05, 0) is 56.4 Å². The summed E-state index contributed by atoms with van der Waals surface area (Å²) < 4.78 is 0. The molecule has 0 spiro atoms. The monoisotopic (exact) mass is 216 g/mol. The third-order valence-electron chi connectivity index (χ3n) is 3.63. The van der Waals surface area contributed by atoms with Crippen LogP contribution in [0.15, 0.2) is 24.3 Å². The first-order valence-corrected chi connectivity index (χ1v) is 6.58. The van der Waals surface area contributed by atoms with E-state index in [0.717, 1.165) is 5.92 Å². The van der Waals surface area contributed by atoms with Gasteiger partial charge in [-0.15, -0.1) is 0 Å². The molecule has 2 rings (SSSR count). The number of nitrogens with zero attached hydrogens (tertiary/aromatic N) is 1. The maximum absolute atomic E-state index is 3.10. The van der Waals surface area contributed by atoms with Gasteiger partial charge in [0, 0.05) is 0 Å². The summed E-state index contributed by atoms with van der Waals surface area (Å²) in [6.07, 6.45) is 5.32. The molecule has 1 nitrogen and oxygen atoms in total. The van der Waals surface area contributed by atoms with Crippen LogP contribution in [-0.2, 0) is 0 Å². The number of likely N-dealkylation sites (tertiary alicyclic amines) is 1. The molecule has 0 saturated carbocycles. The Balaban J connectivity index is 1.81. The Labute approximate surface area is 99.5 Å². The van der Waals surface area contributed by atoms with Gasteiger partial charge in [-0.1, -0.05) is 37.6 Å². The third kappa shape index (κ3) is 3.08. The Bertz CT molecular complexity index is 286. The van der Waals surface area contributed by atoms with Gasteiger partial charge in [0.15, 0.2) is 0 Å². The Hall–Kier alpha value is -0.820. The Kier molecular flexibility index (Phi) is 4.41. The van der Waals surface area contributed by atoms with E-state index in [2.05, 4.69) is 30.0 Å². The number of hydrogen-bond donors (Lipinski definition) is 0. The van der Waals surface area contributed by atoms with Crippen molar-refractivity contribution in [2.45, 2.75) is 38.5 Å². The van der Waals surface area contributed by atoms with Crippen LogP contribution < -0.4 is 0 Å². The highest BCUT2D eigenvalue weighted by Gasteiger charge is 2.19. The second-order valence-electron chi connectivity index (χ2n) is 4.80. The minimum atomic E-state index is 0.785. The first-order chi connectivity index (χ1) is 7.90. The third-order valence-corrected chi connectivity index (χ3v) is 3.63. The van der Waals surface area contributed by atoms with E-state index in [1.54, 1.807) is 0 Å². The van der Waals surface area contributed by atoms with E-state index < -0.39 is 0 Å². The largest absolute Gasteiger partial charge is 0.303 e. The molecule has 1 heterocycles. The van der Waals surface area contributed by atoms with Crippen molar-refractivity contribution >= 4 is 0 Å². The molecule has 1 aliphatic rings. The van der Waals surface area contributed by atoms with Crippen LogP contribution in [0.5, 0.6) is 0 Å². The van der Waals surface area contributed by atoms with Crippen LogP contribution in [0.25, 0.3) is 0 Å². The van der Waals surface area contributed by atoms with Crippen molar-refractivity contribution < 1.29 is 0 Å². The summed E-state index contributed by atoms with van der Waals surface area (Å²) in [7, 11) is 0. The van der Waals surface area contributed by atoms with Gasteiger partial charge in [0.05, 0.1) is 0 Å². The maximum Gasteiger partial charge on any atom is -0.00129 e. The summed E-state index contributed by atoms with van der Waals surface area (Å²) >= 11 is 0. The lowest BCUT2D eigenvalue weighted by Crippen LogP contribution is -2.33. The molecule has 0 N–H and O–H groups in total. The number of hydrogen-bond acceptors (Lipinski definition) is 1. The normalized spacial score (nSPS) is 18.8. The molecule has 0 aliphatic carbocycles. The maximum atomic E-state index is 3.10. The molecule has 87 valence electrons. The summed E-state index contributed by atoms with van der Waals surface area (Å²) in [5, 5.41) is 0. The number of benzene rings is 1. The van der Waals surface area contributed by atoms with E-state index in [9.17, 15) is 0 Å². The van der Waals surface area contributed by atoms with E-state index in [4.69, 9.17) is 0 Å². The van der Waals surface area contributed by atoms with E-state index in [0.29, 0.717) is 0 Å². The molecule has 1 fully saturated rings. The van der Waals surface area contributed by atoms with Crippen molar-refractivity contribution in [1.82, 2.24) is 4.90 Å². The van der Waals surface area contributed by atoms with Crippen molar-refractivity contribution in [2.75, 3.05) is 19.6 Å². The average Bonchev–Trinajstić information content (AvgIpc) is 2.38. The van der Waals surface area contributed by atoms with Crippen LogP contribution in [0.3, 0.4) is 0 Å². The highest BCUT2D eigenvalue weighted by molar-refractivity contribution is 5.19. The second-order valence-corrected chi connectivity index (χ2v) is 4.80. The zero-order chi connectivity index (χ0) is 11.2. The van der Waals surface area contributed by atoms with Crippen LogP contribution in [0, 0.1) is 6.07 Å². The van der Waals surface area contributed by atoms with Crippen LogP contribution in [-0.4, -0.2) is 24.5 Å². The molecule has 0 atom stereocenters. The summed E-state index contributed by atoms with van der Waals surface area (Å²) in [6, 6.07) is 11.6. The van der Waals surface area contributed by atoms with Gasteiger partial charge in [0.1, 0.15) is 0 Å². The Morgan fingerprint density at radius 2 is 1.94 bits per heavy atom. The molecule has 1 saturated heterocycles. The fourth-order valence-electron chi connectivity index (χ4n) is 2.54. The molecule has 0 unspecified atom stereocenters. The minimum Gasteiger partial charge on any atom is -0.303 e. The van der Waals surface area contributed by atoms with E-state index in [1.165, 1.54) is 50.9 Å². The standard InChI is InChI=1S/C15H22N/c1-2-3-11-16-12-9-15(10-13-16)14-7-5-4-6-8-14/h5-8,15H,2-3,9-13H2,1H3. The van der Waals surface area contributed by atoms with Crippen LogP contribution in [0.2, 0.25) is 0 Å². The number of rotatable bonds is 4. The molecule has 0 aromatic heterocycles. The van der Waals surface area contributed by atoms with Gasteiger partial charge >= 0.3 is 0 Å². The summed E-state index contributed by atoms with van der Waals surface area (Å²) in [5.41, 5.74) is 1.51. The van der Waals surface area contributed by atoms with E-state index >= 15 is 0 Å². The van der Waals surface area contributed by atoms with E-state index in [1.807, 2.05) is 12.1 Å². The lowest BCUT2D eigenvalue weighted by Gasteiger charge is -2.32. The molecular formula is C15H22N. The Morgan fingerprint density at radius 3 is 2.56 bits per heavy atom. The van der Waals surface area contributed by atoms with Gasteiger partial charge in [-0.2, -0.15) is 0 Å². The molecule has 1 aromatic carbocycles. The highest BCUT2D eigenvalue weighted by Crippen LogP contribution is 2.27. The van der Waals surface area contributed by atoms with Gasteiger partial charge < -0.3 is 4.90 Å². The minimum absolute atomic E-state index is 0.785. The molecule has 0 amide bonds. The summed E-state index contributed by atoms with van der Waals surface area (Å²) in [4.78, 5) is 2.62. The van der Waals surface area contributed by atoms with Gasteiger partial charge in [0.2, 0.25) is 0 Å². The Morgan fingerprint density at radius 1 is 1.25 bits per heavy atom.